The minimum Gasteiger partial charge on any atom is -0.466 e. The number of amides is 3. The fourth-order valence-corrected chi connectivity index (χ4v) is 6.03. The molecule has 1 aromatic heterocycles. The van der Waals surface area contributed by atoms with Crippen LogP contribution in [0.1, 0.15) is 39.1 Å². The molecule has 0 atom stereocenters. The van der Waals surface area contributed by atoms with Gasteiger partial charge in [0.15, 0.2) is 6.61 Å². The number of hydrogen-bond donors (Lipinski definition) is 1. The molecule has 3 aromatic carbocycles. The van der Waals surface area contributed by atoms with Gasteiger partial charge in [0.05, 0.1) is 28.5 Å². The second kappa shape index (κ2) is 8.86. The smallest absolute Gasteiger partial charge is 0.264 e. The van der Waals surface area contributed by atoms with Gasteiger partial charge in [0.25, 0.3) is 17.7 Å². The number of rotatable bonds is 4. The van der Waals surface area contributed by atoms with Gasteiger partial charge in [-0.15, -0.1) is 0 Å². The van der Waals surface area contributed by atoms with E-state index in [0.717, 1.165) is 22.3 Å². The number of aliphatic hydroxyl groups is 1. The predicted molar refractivity (Wildman–Crippen MR) is 148 cm³/mol. The minimum absolute atomic E-state index is 0.0787. The lowest BCUT2D eigenvalue weighted by molar-refractivity contribution is -0.121. The summed E-state index contributed by atoms with van der Waals surface area (Å²) >= 11 is 0. The number of pyridine rings is 1. The zero-order chi connectivity index (χ0) is 27.6. The number of hydrogen-bond acceptors (Lipinski definition) is 6. The van der Waals surface area contributed by atoms with Gasteiger partial charge in [0, 0.05) is 31.0 Å². The Kier molecular flexibility index (Phi) is 5.37. The molecule has 198 valence electrons. The molecule has 8 heteroatoms. The first-order valence-electron chi connectivity index (χ1n) is 13.1. The first-order chi connectivity index (χ1) is 19.4. The fourth-order valence-electron chi connectivity index (χ4n) is 6.03. The first kappa shape index (κ1) is 24.2. The summed E-state index contributed by atoms with van der Waals surface area (Å²) in [5.74, 6) is -0.442. The Bertz CT molecular complexity index is 1660. The lowest BCUT2D eigenvalue weighted by Gasteiger charge is -2.50. The predicted octanol–water partition coefficient (Wildman–Crippen LogP) is 4.42. The van der Waals surface area contributed by atoms with Gasteiger partial charge in [0.2, 0.25) is 5.88 Å². The van der Waals surface area contributed by atoms with E-state index in [4.69, 9.17) is 9.72 Å². The van der Waals surface area contributed by atoms with Crippen LogP contribution in [-0.2, 0) is 10.3 Å². The number of anilines is 1. The van der Waals surface area contributed by atoms with Gasteiger partial charge in [-0.3, -0.25) is 19.3 Å². The number of carbonyl (C=O) groups excluding carboxylic acids is 3. The molecule has 4 aromatic rings. The summed E-state index contributed by atoms with van der Waals surface area (Å²) in [5.41, 5.74) is 4.49. The fraction of sp³-hybridized carbons (Fsp3) is 0.188. The molecule has 0 unspecified atom stereocenters. The lowest BCUT2D eigenvalue weighted by Crippen LogP contribution is -2.59. The van der Waals surface area contributed by atoms with Crippen molar-refractivity contribution in [3.63, 3.8) is 0 Å². The van der Waals surface area contributed by atoms with Gasteiger partial charge in [0.1, 0.15) is 5.69 Å². The van der Waals surface area contributed by atoms with Crippen molar-refractivity contribution in [3.8, 4) is 28.3 Å². The molecule has 0 saturated heterocycles. The van der Waals surface area contributed by atoms with Crippen molar-refractivity contribution in [2.45, 2.75) is 24.5 Å². The lowest BCUT2D eigenvalue weighted by atomic mass is 9.68. The third-order valence-electron chi connectivity index (χ3n) is 8.19. The van der Waals surface area contributed by atoms with E-state index >= 15 is 0 Å². The number of ether oxygens (including phenoxy) is 1. The normalized spacial score (nSPS) is 21.6. The van der Waals surface area contributed by atoms with Gasteiger partial charge < -0.3 is 14.7 Å². The van der Waals surface area contributed by atoms with Crippen molar-refractivity contribution in [1.29, 1.82) is 0 Å². The van der Waals surface area contributed by atoms with Crippen molar-refractivity contribution in [2.75, 3.05) is 18.6 Å². The van der Waals surface area contributed by atoms with Gasteiger partial charge in [-0.25, -0.2) is 4.98 Å². The largest absolute Gasteiger partial charge is 0.466 e. The molecule has 1 aliphatic carbocycles. The third kappa shape index (κ3) is 3.49. The van der Waals surface area contributed by atoms with Gasteiger partial charge in [-0.1, -0.05) is 66.7 Å². The Labute approximate surface area is 230 Å². The van der Waals surface area contributed by atoms with Crippen molar-refractivity contribution < 1.29 is 24.2 Å². The highest BCUT2D eigenvalue weighted by Crippen LogP contribution is 2.50. The number of nitrogens with zero attached hydrogens (tertiary/aromatic N) is 3. The van der Waals surface area contributed by atoms with Crippen LogP contribution < -0.4 is 9.64 Å². The van der Waals surface area contributed by atoms with E-state index in [0.29, 0.717) is 28.4 Å². The average molecular weight is 532 g/mol. The molecule has 0 spiro atoms. The van der Waals surface area contributed by atoms with Crippen LogP contribution in [0.5, 0.6) is 5.88 Å². The quantitative estimate of drug-likeness (QED) is 0.392. The molecule has 0 bridgehead atoms. The summed E-state index contributed by atoms with van der Waals surface area (Å²) in [6.07, 6.45) is -0.0515. The van der Waals surface area contributed by atoms with E-state index < -0.39 is 11.6 Å². The topological polar surface area (TPSA) is 100 Å². The monoisotopic (exact) mass is 531 g/mol. The third-order valence-corrected chi connectivity index (χ3v) is 8.19. The minimum atomic E-state index is -0.928. The van der Waals surface area contributed by atoms with Crippen LogP contribution in [0, 0.1) is 0 Å². The molecule has 2 aliphatic heterocycles. The second-order valence-corrected chi connectivity index (χ2v) is 10.5. The van der Waals surface area contributed by atoms with Crippen molar-refractivity contribution >= 4 is 23.4 Å². The van der Waals surface area contributed by atoms with Crippen LogP contribution in [0.15, 0.2) is 84.9 Å². The van der Waals surface area contributed by atoms with Gasteiger partial charge >= 0.3 is 0 Å². The molecule has 3 heterocycles. The number of aromatic nitrogens is 1. The van der Waals surface area contributed by atoms with Crippen LogP contribution in [0.2, 0.25) is 0 Å². The van der Waals surface area contributed by atoms with Gasteiger partial charge in [-0.05, 0) is 29.3 Å². The summed E-state index contributed by atoms with van der Waals surface area (Å²) in [7, 11) is 1.71. The van der Waals surface area contributed by atoms with E-state index in [1.165, 1.54) is 4.90 Å². The molecule has 1 N–H and O–H groups in total. The highest BCUT2D eigenvalue weighted by atomic mass is 16.5. The van der Waals surface area contributed by atoms with Crippen molar-refractivity contribution in [2.24, 2.45) is 0 Å². The highest BCUT2D eigenvalue weighted by Gasteiger charge is 2.56. The Morgan fingerprint density at radius 1 is 0.825 bits per heavy atom. The van der Waals surface area contributed by atoms with Gasteiger partial charge in [-0.2, -0.15) is 0 Å². The Hall–Kier alpha value is -4.82. The molecule has 8 nitrogen and oxygen atoms in total. The zero-order valence-corrected chi connectivity index (χ0v) is 21.7. The molecule has 0 radical (unpaired) electrons. The summed E-state index contributed by atoms with van der Waals surface area (Å²) in [6, 6.07) is 26.2. The molecule has 3 aliphatic rings. The van der Waals surface area contributed by atoms with E-state index in [-0.39, 0.29) is 37.2 Å². The number of imide groups is 1. The maximum atomic E-state index is 13.4. The number of aliphatic hydroxyl groups excluding tert-OH is 1. The number of benzene rings is 3. The van der Waals surface area contributed by atoms with Crippen LogP contribution in [-0.4, -0.2) is 52.5 Å². The number of fused-ring (bicyclic) bond motifs is 2. The zero-order valence-electron chi connectivity index (χ0n) is 21.7. The number of likely N-dealkylation sites (N-methyl/N-ethyl adjacent to an activating group) is 1. The van der Waals surface area contributed by atoms with Crippen molar-refractivity contribution in [1.82, 2.24) is 9.88 Å². The molecule has 7 rings (SSSR count). The average Bonchev–Trinajstić information content (AvgIpc) is 3.23. The number of carbonyl (C=O) groups is 3. The van der Waals surface area contributed by atoms with Crippen LogP contribution >= 0.6 is 0 Å². The van der Waals surface area contributed by atoms with Crippen LogP contribution in [0.25, 0.3) is 22.4 Å². The van der Waals surface area contributed by atoms with Crippen LogP contribution in [0.4, 0.5) is 5.69 Å². The molecule has 1 saturated carbocycles. The van der Waals surface area contributed by atoms with E-state index in [9.17, 15) is 19.5 Å². The van der Waals surface area contributed by atoms with Crippen molar-refractivity contribution in [3.05, 3.63) is 102 Å². The second-order valence-electron chi connectivity index (χ2n) is 10.5. The Morgan fingerprint density at radius 3 is 2.08 bits per heavy atom. The highest BCUT2D eigenvalue weighted by molar-refractivity contribution is 6.22. The Balaban J connectivity index is 1.31. The van der Waals surface area contributed by atoms with E-state index in [2.05, 4.69) is 0 Å². The van der Waals surface area contributed by atoms with E-state index in [1.807, 2.05) is 60.7 Å². The molecule has 3 amide bonds. The molecule has 1 fully saturated rings. The standard InChI is InChI=1S/C32H25N3O5/c1-34-26-15-25(19-7-3-2-4-8-19)28(33-29(26)40-18-27(34)37)20-11-13-21(14-12-20)32(16-22(36)17-32)35-30(38)23-9-5-6-10-24(23)31(35)39/h2-15,22,36H,16-18H2,1H3. The molecular weight excluding hydrogens is 506 g/mol. The van der Waals surface area contributed by atoms with E-state index in [1.54, 1.807) is 36.2 Å². The Morgan fingerprint density at radius 2 is 1.45 bits per heavy atom. The first-order valence-corrected chi connectivity index (χ1v) is 13.1. The summed E-state index contributed by atoms with van der Waals surface area (Å²) in [4.78, 5) is 46.7. The summed E-state index contributed by atoms with van der Waals surface area (Å²) in [6.45, 7) is -0.0787. The maximum absolute atomic E-state index is 13.4. The molecule has 40 heavy (non-hydrogen) atoms. The maximum Gasteiger partial charge on any atom is 0.264 e. The summed E-state index contributed by atoms with van der Waals surface area (Å²) in [5, 5.41) is 10.3. The SMILES string of the molecule is CN1C(=O)COc2nc(-c3ccc(C4(N5C(=O)c6ccccc6C5=O)CC(O)C4)cc3)c(-c3ccccc3)cc21. The summed E-state index contributed by atoms with van der Waals surface area (Å²) < 4.78 is 5.69. The van der Waals surface area contributed by atoms with Crippen LogP contribution in [0.3, 0.4) is 0 Å². The molecular formula is C32H25N3O5.